The van der Waals surface area contributed by atoms with Gasteiger partial charge in [-0.05, 0) is 49.6 Å². The van der Waals surface area contributed by atoms with E-state index in [1.807, 2.05) is 77.4 Å². The third-order valence-electron chi connectivity index (χ3n) is 6.29. The van der Waals surface area contributed by atoms with E-state index >= 15 is 0 Å². The first-order valence-corrected chi connectivity index (χ1v) is 12.3. The quantitative estimate of drug-likeness (QED) is 0.335. The van der Waals surface area contributed by atoms with Gasteiger partial charge in [-0.25, -0.2) is 0 Å². The third kappa shape index (κ3) is 4.15. The molecule has 0 aliphatic carbocycles. The molecular formula is C27H24N6OS. The van der Waals surface area contributed by atoms with Gasteiger partial charge in [-0.3, -0.25) is 9.20 Å². The number of hydrogen-bond acceptors (Lipinski definition) is 5. The molecule has 7 nitrogen and oxygen atoms in total. The number of aromatic nitrogens is 4. The summed E-state index contributed by atoms with van der Waals surface area (Å²) >= 11 is 1.32. The highest BCUT2D eigenvalue weighted by Crippen LogP contribution is 2.29. The Kier molecular flexibility index (Phi) is 6.01. The van der Waals surface area contributed by atoms with Crippen molar-refractivity contribution in [2.24, 2.45) is 0 Å². The van der Waals surface area contributed by atoms with Crippen molar-refractivity contribution < 1.29 is 4.79 Å². The molecule has 0 aliphatic rings. The molecule has 8 heteroatoms. The fraction of sp³-hybridized carbons (Fsp3) is 0.185. The average Bonchev–Trinajstić information content (AvgIpc) is 3.37. The lowest BCUT2D eigenvalue weighted by atomic mass is 10.1. The molecule has 5 aromatic rings. The van der Waals surface area contributed by atoms with E-state index in [1.165, 1.54) is 11.8 Å². The molecule has 0 atom stereocenters. The topological polar surface area (TPSA) is 88.0 Å². The average molecular weight is 481 g/mol. The van der Waals surface area contributed by atoms with Crippen LogP contribution in [-0.4, -0.2) is 30.8 Å². The predicted octanol–water partition coefficient (Wildman–Crippen LogP) is 5.26. The molecule has 0 radical (unpaired) electrons. The molecule has 0 spiro atoms. The van der Waals surface area contributed by atoms with Crippen molar-refractivity contribution in [2.75, 3.05) is 11.1 Å². The maximum Gasteiger partial charge on any atom is 0.235 e. The monoisotopic (exact) mass is 480 g/mol. The number of fused-ring (bicyclic) bond motifs is 3. The molecule has 35 heavy (non-hydrogen) atoms. The molecule has 0 bridgehead atoms. The summed E-state index contributed by atoms with van der Waals surface area (Å²) in [7, 11) is 0. The number of carbonyl (C=O) groups excluding carboxylic acids is 1. The van der Waals surface area contributed by atoms with E-state index in [-0.39, 0.29) is 11.7 Å². The maximum atomic E-state index is 13.0. The number of aryl methyl sites for hydroxylation is 1. The minimum absolute atomic E-state index is 0.141. The van der Waals surface area contributed by atoms with Crippen LogP contribution >= 0.6 is 11.8 Å². The van der Waals surface area contributed by atoms with E-state index in [4.69, 9.17) is 0 Å². The van der Waals surface area contributed by atoms with Crippen molar-refractivity contribution in [3.05, 3.63) is 88.6 Å². The second-order valence-corrected chi connectivity index (χ2v) is 9.42. The van der Waals surface area contributed by atoms with Gasteiger partial charge in [0, 0.05) is 17.6 Å². The van der Waals surface area contributed by atoms with Gasteiger partial charge < -0.3 is 9.88 Å². The van der Waals surface area contributed by atoms with Crippen LogP contribution in [0.3, 0.4) is 0 Å². The molecule has 0 fully saturated rings. The van der Waals surface area contributed by atoms with Crippen LogP contribution in [-0.2, 0) is 11.3 Å². The van der Waals surface area contributed by atoms with E-state index in [0.29, 0.717) is 23.1 Å². The summed E-state index contributed by atoms with van der Waals surface area (Å²) in [5, 5.41) is 23.2. The minimum Gasteiger partial charge on any atom is -0.326 e. The Bertz CT molecular complexity index is 1610. The molecule has 174 valence electrons. The highest BCUT2D eigenvalue weighted by molar-refractivity contribution is 7.99. The van der Waals surface area contributed by atoms with Gasteiger partial charge in [-0.2, -0.15) is 5.26 Å². The Hall–Kier alpha value is -4.09. The Morgan fingerprint density at radius 1 is 1.06 bits per heavy atom. The number of benzene rings is 2. The zero-order valence-electron chi connectivity index (χ0n) is 19.7. The zero-order valence-corrected chi connectivity index (χ0v) is 20.6. The van der Waals surface area contributed by atoms with Crippen molar-refractivity contribution >= 4 is 40.0 Å². The largest absolute Gasteiger partial charge is 0.326 e. The van der Waals surface area contributed by atoms with Crippen molar-refractivity contribution in [3.8, 4) is 6.07 Å². The van der Waals surface area contributed by atoms with Gasteiger partial charge >= 0.3 is 0 Å². The number of thioether (sulfide) groups is 1. The van der Waals surface area contributed by atoms with Crippen LogP contribution in [0.4, 0.5) is 5.82 Å². The lowest BCUT2D eigenvalue weighted by molar-refractivity contribution is -0.113. The molecule has 5 rings (SSSR count). The Morgan fingerprint density at radius 2 is 1.80 bits per heavy atom. The summed E-state index contributed by atoms with van der Waals surface area (Å²) in [5.41, 5.74) is 6.30. The number of amides is 1. The van der Waals surface area contributed by atoms with Crippen LogP contribution in [0.15, 0.2) is 65.8 Å². The summed E-state index contributed by atoms with van der Waals surface area (Å²) in [4.78, 5) is 13.0. The third-order valence-corrected chi connectivity index (χ3v) is 7.22. The standard InChI is InChI=1S/C27H24N6OS/c1-17-13-24-30-31-27(33(24)23-12-8-7-11-21(17)23)35-16-25(34)29-26-22(14-28)18(2)19(3)32(26)15-20-9-5-4-6-10-20/h4-13H,15-16H2,1-3H3,(H,29,34). The van der Waals surface area contributed by atoms with Crippen molar-refractivity contribution in [1.82, 2.24) is 19.2 Å². The van der Waals surface area contributed by atoms with Gasteiger partial charge in [0.25, 0.3) is 0 Å². The summed E-state index contributed by atoms with van der Waals surface area (Å²) in [6.07, 6.45) is 0. The smallest absolute Gasteiger partial charge is 0.235 e. The van der Waals surface area contributed by atoms with E-state index in [0.717, 1.165) is 38.9 Å². The van der Waals surface area contributed by atoms with Crippen molar-refractivity contribution in [2.45, 2.75) is 32.5 Å². The van der Waals surface area contributed by atoms with Crippen molar-refractivity contribution in [1.29, 1.82) is 5.26 Å². The highest BCUT2D eigenvalue weighted by Gasteiger charge is 2.20. The van der Waals surface area contributed by atoms with Gasteiger partial charge in [-0.15, -0.1) is 10.2 Å². The SMILES string of the molecule is Cc1c(C#N)c(NC(=O)CSc2nnc3cc(C)c4ccccc4n23)n(Cc2ccccc2)c1C. The van der Waals surface area contributed by atoms with Crippen LogP contribution in [0.1, 0.15) is 27.9 Å². The summed E-state index contributed by atoms with van der Waals surface area (Å²) < 4.78 is 3.97. The number of nitriles is 1. The Morgan fingerprint density at radius 3 is 2.57 bits per heavy atom. The number of nitrogens with zero attached hydrogens (tertiary/aromatic N) is 5. The van der Waals surface area contributed by atoms with Crippen LogP contribution in [0.25, 0.3) is 16.6 Å². The van der Waals surface area contributed by atoms with Crippen LogP contribution in [0.5, 0.6) is 0 Å². The molecule has 0 saturated carbocycles. The lowest BCUT2D eigenvalue weighted by Gasteiger charge is -2.13. The van der Waals surface area contributed by atoms with Crippen LogP contribution in [0.2, 0.25) is 0 Å². The molecular weight excluding hydrogens is 456 g/mol. The van der Waals surface area contributed by atoms with E-state index in [2.05, 4.69) is 34.6 Å². The van der Waals surface area contributed by atoms with Crippen LogP contribution < -0.4 is 5.32 Å². The number of rotatable bonds is 6. The molecule has 2 aromatic carbocycles. The summed E-state index contributed by atoms with van der Waals surface area (Å²) in [5.74, 6) is 0.471. The number of anilines is 1. The molecule has 3 aromatic heterocycles. The van der Waals surface area contributed by atoms with Gasteiger partial charge in [-0.1, -0.05) is 60.3 Å². The van der Waals surface area contributed by atoms with Crippen molar-refractivity contribution in [3.63, 3.8) is 0 Å². The van der Waals surface area contributed by atoms with Gasteiger partial charge in [0.2, 0.25) is 5.91 Å². The number of hydrogen-bond donors (Lipinski definition) is 1. The van der Waals surface area contributed by atoms with Gasteiger partial charge in [0.05, 0.1) is 16.8 Å². The summed E-state index contributed by atoms with van der Waals surface area (Å²) in [6, 6.07) is 22.4. The first-order chi connectivity index (χ1) is 17.0. The second kappa shape index (κ2) is 9.28. The Balaban J connectivity index is 1.41. The highest BCUT2D eigenvalue weighted by atomic mass is 32.2. The second-order valence-electron chi connectivity index (χ2n) is 8.48. The molecule has 0 aliphatic heterocycles. The molecule has 1 N–H and O–H groups in total. The molecule has 3 heterocycles. The van der Waals surface area contributed by atoms with Gasteiger partial charge in [0.1, 0.15) is 11.9 Å². The lowest BCUT2D eigenvalue weighted by Crippen LogP contribution is -2.18. The summed E-state index contributed by atoms with van der Waals surface area (Å²) in [6.45, 7) is 6.50. The fourth-order valence-electron chi connectivity index (χ4n) is 4.36. The van der Waals surface area contributed by atoms with E-state index in [1.54, 1.807) is 0 Å². The number of para-hydroxylation sites is 1. The number of nitrogens with one attached hydrogen (secondary N) is 1. The predicted molar refractivity (Wildman–Crippen MR) is 139 cm³/mol. The molecule has 0 unspecified atom stereocenters. The van der Waals surface area contributed by atoms with E-state index < -0.39 is 0 Å². The van der Waals surface area contributed by atoms with E-state index in [9.17, 15) is 10.1 Å². The van der Waals surface area contributed by atoms with Gasteiger partial charge in [0.15, 0.2) is 10.8 Å². The van der Waals surface area contributed by atoms with Crippen LogP contribution in [0, 0.1) is 32.1 Å². The first kappa shape index (κ1) is 22.7. The number of pyridine rings is 1. The molecule has 1 amide bonds. The molecule has 0 saturated heterocycles. The number of carbonyl (C=O) groups is 1. The normalized spacial score (nSPS) is 11.1. The minimum atomic E-state index is -0.202. The maximum absolute atomic E-state index is 13.0. The zero-order chi connectivity index (χ0) is 24.5. The fourth-order valence-corrected chi connectivity index (χ4v) is 5.11. The Labute approximate surface area is 207 Å². The first-order valence-electron chi connectivity index (χ1n) is 11.3.